The molecule has 1 N–H and O–H groups in total. The van der Waals surface area contributed by atoms with Crippen LogP contribution in [0.15, 0.2) is 61.2 Å². The van der Waals surface area contributed by atoms with E-state index in [0.29, 0.717) is 19.3 Å². The van der Waals surface area contributed by atoms with Crippen molar-refractivity contribution in [3.8, 4) is 11.4 Å². The lowest BCUT2D eigenvalue weighted by molar-refractivity contribution is -0.0289. The molecule has 2 aliphatic rings. The Labute approximate surface area is 187 Å². The van der Waals surface area contributed by atoms with E-state index < -0.39 is 0 Å². The van der Waals surface area contributed by atoms with E-state index in [9.17, 15) is 0 Å². The second kappa shape index (κ2) is 9.03. The number of aromatic nitrogens is 3. The van der Waals surface area contributed by atoms with Gasteiger partial charge >= 0.3 is 0 Å². The van der Waals surface area contributed by atoms with Crippen molar-refractivity contribution in [2.75, 3.05) is 26.3 Å². The number of fused-ring (bicyclic) bond motifs is 1. The van der Waals surface area contributed by atoms with Gasteiger partial charge in [-0.3, -0.25) is 0 Å². The van der Waals surface area contributed by atoms with Crippen molar-refractivity contribution in [1.82, 2.24) is 25.0 Å². The first-order valence-electron chi connectivity index (χ1n) is 10.6. The maximum Gasteiger partial charge on any atom is 0.169 e. The van der Waals surface area contributed by atoms with Gasteiger partial charge in [0.1, 0.15) is 31.1 Å². The molecule has 1 aliphatic heterocycles. The first kappa shape index (κ1) is 20.0. The third kappa shape index (κ3) is 4.70. The third-order valence-electron chi connectivity index (χ3n) is 5.76. The third-order valence-corrected chi connectivity index (χ3v) is 6.14. The largest absolute Gasteiger partial charge is 0.491 e. The molecule has 0 saturated carbocycles. The summed E-state index contributed by atoms with van der Waals surface area (Å²) in [5.74, 6) is 0.800. The lowest BCUT2D eigenvalue weighted by Crippen LogP contribution is -2.53. The van der Waals surface area contributed by atoms with Crippen LogP contribution in [0.4, 0.5) is 0 Å². The highest BCUT2D eigenvalue weighted by atomic mass is 32.1. The van der Waals surface area contributed by atoms with Gasteiger partial charge in [-0.05, 0) is 60.5 Å². The summed E-state index contributed by atoms with van der Waals surface area (Å²) in [5, 5.41) is 8.50. The molecule has 2 aromatic carbocycles. The summed E-state index contributed by atoms with van der Waals surface area (Å²) in [6, 6.07) is 16.8. The zero-order valence-electron chi connectivity index (χ0n) is 17.2. The number of rotatable bonds is 5. The second-order valence-corrected chi connectivity index (χ2v) is 8.29. The predicted octanol–water partition coefficient (Wildman–Crippen LogP) is 2.39. The molecular weight excluding hydrogens is 410 g/mol. The highest BCUT2D eigenvalue weighted by molar-refractivity contribution is 7.80. The molecular formula is C23H25N5O2S. The Morgan fingerprint density at radius 2 is 1.90 bits per heavy atom. The van der Waals surface area contributed by atoms with Gasteiger partial charge < -0.3 is 19.7 Å². The Balaban J connectivity index is 1.11. The Morgan fingerprint density at radius 1 is 1.13 bits per heavy atom. The highest BCUT2D eigenvalue weighted by Gasteiger charge is 2.26. The monoisotopic (exact) mass is 435 g/mol. The smallest absolute Gasteiger partial charge is 0.169 e. The van der Waals surface area contributed by atoms with E-state index in [1.165, 1.54) is 17.5 Å². The number of benzene rings is 2. The molecule has 0 spiro atoms. The number of hydrogen-bond donors (Lipinski definition) is 1. The van der Waals surface area contributed by atoms with Crippen LogP contribution in [0.2, 0.25) is 0 Å². The van der Waals surface area contributed by atoms with Crippen molar-refractivity contribution >= 4 is 17.3 Å². The van der Waals surface area contributed by atoms with Crippen molar-refractivity contribution < 1.29 is 9.47 Å². The van der Waals surface area contributed by atoms with Crippen molar-refractivity contribution in [3.63, 3.8) is 0 Å². The number of nitrogens with zero attached hydrogens (tertiary/aromatic N) is 4. The minimum Gasteiger partial charge on any atom is -0.491 e. The topological polar surface area (TPSA) is 64.4 Å². The summed E-state index contributed by atoms with van der Waals surface area (Å²) in [6.07, 6.45) is 5.21. The molecule has 8 heteroatoms. The maximum atomic E-state index is 5.96. The van der Waals surface area contributed by atoms with Gasteiger partial charge in [-0.25, -0.2) is 9.67 Å². The minimum absolute atomic E-state index is 0.0238. The van der Waals surface area contributed by atoms with Crippen molar-refractivity contribution in [2.45, 2.75) is 25.0 Å². The first-order valence-corrected chi connectivity index (χ1v) is 11.0. The molecule has 1 aliphatic carbocycles. The standard InChI is InChI=1S/C23H25N5O2S/c31-23(26-19-11-17-3-1-2-4-18(17)12-19)27-9-10-29-22(13-27)14-30-21-7-5-20(6-8-21)28-16-24-15-25-28/h1-8,15-16,19,22H,9-14H2,(H,26,31). The molecule has 7 nitrogen and oxygen atoms in total. The molecule has 1 atom stereocenters. The molecule has 2 heterocycles. The first-order chi connectivity index (χ1) is 15.2. The van der Waals surface area contributed by atoms with Crippen LogP contribution in [-0.4, -0.2) is 63.2 Å². The zero-order chi connectivity index (χ0) is 21.0. The van der Waals surface area contributed by atoms with Crippen molar-refractivity contribution in [2.24, 2.45) is 0 Å². The van der Waals surface area contributed by atoms with Crippen molar-refractivity contribution in [1.29, 1.82) is 0 Å². The highest BCUT2D eigenvalue weighted by Crippen LogP contribution is 2.22. The Bertz CT molecular complexity index is 1000. The molecule has 0 bridgehead atoms. The van der Waals surface area contributed by atoms with Gasteiger partial charge in [0.2, 0.25) is 0 Å². The van der Waals surface area contributed by atoms with Crippen LogP contribution < -0.4 is 10.1 Å². The molecule has 5 rings (SSSR count). The van der Waals surface area contributed by atoms with Gasteiger partial charge in [-0.1, -0.05) is 24.3 Å². The molecule has 160 valence electrons. The van der Waals surface area contributed by atoms with Gasteiger partial charge in [0.15, 0.2) is 5.11 Å². The molecule has 3 aromatic rings. The van der Waals surface area contributed by atoms with Crippen LogP contribution in [0.5, 0.6) is 5.75 Å². The number of ether oxygens (including phenoxy) is 2. The lowest BCUT2D eigenvalue weighted by Gasteiger charge is -2.35. The minimum atomic E-state index is -0.0238. The summed E-state index contributed by atoms with van der Waals surface area (Å²) in [5.41, 5.74) is 3.78. The molecule has 0 amide bonds. The molecule has 1 unspecified atom stereocenters. The fourth-order valence-electron chi connectivity index (χ4n) is 4.16. The maximum absolute atomic E-state index is 5.96. The fourth-order valence-corrected chi connectivity index (χ4v) is 4.49. The van der Waals surface area contributed by atoms with Crippen LogP contribution in [0.25, 0.3) is 5.69 Å². The van der Waals surface area contributed by atoms with Crippen LogP contribution in [0, 0.1) is 0 Å². The van der Waals surface area contributed by atoms with E-state index in [1.807, 2.05) is 24.3 Å². The van der Waals surface area contributed by atoms with E-state index in [1.54, 1.807) is 11.0 Å². The average Bonchev–Trinajstić information content (AvgIpc) is 3.48. The predicted molar refractivity (Wildman–Crippen MR) is 122 cm³/mol. The van der Waals surface area contributed by atoms with Gasteiger partial charge in [0.25, 0.3) is 0 Å². The fraction of sp³-hybridized carbons (Fsp3) is 0.348. The van der Waals surface area contributed by atoms with Gasteiger partial charge in [-0.2, -0.15) is 5.10 Å². The zero-order valence-corrected chi connectivity index (χ0v) is 18.0. The van der Waals surface area contributed by atoms with Gasteiger partial charge in [0, 0.05) is 19.1 Å². The van der Waals surface area contributed by atoms with E-state index in [2.05, 4.69) is 44.6 Å². The van der Waals surface area contributed by atoms with E-state index in [4.69, 9.17) is 21.7 Å². The van der Waals surface area contributed by atoms with Gasteiger partial charge in [0.05, 0.1) is 12.3 Å². The van der Waals surface area contributed by atoms with E-state index in [0.717, 1.165) is 42.5 Å². The molecule has 1 aromatic heterocycles. The summed E-state index contributed by atoms with van der Waals surface area (Å²) in [4.78, 5) is 6.16. The Kier molecular flexibility index (Phi) is 5.82. The van der Waals surface area contributed by atoms with Crippen molar-refractivity contribution in [3.05, 3.63) is 72.3 Å². The lowest BCUT2D eigenvalue weighted by atomic mass is 10.1. The summed E-state index contributed by atoms with van der Waals surface area (Å²) >= 11 is 5.71. The summed E-state index contributed by atoms with van der Waals surface area (Å²) in [6.45, 7) is 2.65. The van der Waals surface area contributed by atoms with Gasteiger partial charge in [-0.15, -0.1) is 0 Å². The Morgan fingerprint density at radius 3 is 2.61 bits per heavy atom. The number of thiocarbonyl (C=S) groups is 1. The summed E-state index contributed by atoms with van der Waals surface area (Å²) in [7, 11) is 0. The normalized spacial score (nSPS) is 18.6. The molecule has 1 saturated heterocycles. The Hall–Kier alpha value is -2.97. The molecule has 31 heavy (non-hydrogen) atoms. The van der Waals surface area contributed by atoms with E-state index >= 15 is 0 Å². The molecule has 0 radical (unpaired) electrons. The SMILES string of the molecule is S=C(NC1Cc2ccccc2C1)N1CCOC(COc2ccc(-n3cncn3)cc2)C1. The number of nitrogens with one attached hydrogen (secondary N) is 1. The average molecular weight is 436 g/mol. The van der Waals surface area contributed by atoms with Crippen LogP contribution in [0.3, 0.4) is 0 Å². The molecule has 1 fully saturated rings. The van der Waals surface area contributed by atoms with E-state index in [-0.39, 0.29) is 6.10 Å². The second-order valence-electron chi connectivity index (χ2n) is 7.91. The number of hydrogen-bond acceptors (Lipinski definition) is 5. The number of morpholine rings is 1. The van der Waals surface area contributed by atoms with Crippen LogP contribution >= 0.6 is 12.2 Å². The quantitative estimate of drug-likeness (QED) is 0.618. The van der Waals surface area contributed by atoms with Crippen LogP contribution in [-0.2, 0) is 17.6 Å². The summed E-state index contributed by atoms with van der Waals surface area (Å²) < 4.78 is 13.6. The van der Waals surface area contributed by atoms with Crippen LogP contribution in [0.1, 0.15) is 11.1 Å².